The van der Waals surface area contributed by atoms with Crippen molar-refractivity contribution in [3.8, 4) is 11.3 Å². The van der Waals surface area contributed by atoms with Gasteiger partial charge in [0.1, 0.15) is 0 Å². The summed E-state index contributed by atoms with van der Waals surface area (Å²) in [4.78, 5) is 21.6. The minimum Gasteiger partial charge on any atom is -0.315 e. The first-order valence-electron chi connectivity index (χ1n) is 10.4. The third-order valence-electron chi connectivity index (χ3n) is 6.51. The van der Waals surface area contributed by atoms with E-state index in [0.717, 1.165) is 36.3 Å². The molecule has 2 N–H and O–H groups in total. The third-order valence-corrected chi connectivity index (χ3v) is 6.51. The zero-order chi connectivity index (χ0) is 21.3. The lowest BCUT2D eigenvalue weighted by molar-refractivity contribution is -0.136. The summed E-state index contributed by atoms with van der Waals surface area (Å²) in [7, 11) is 0. The molecular weight excluding hydrogens is 397 g/mol. The second-order valence-corrected chi connectivity index (χ2v) is 8.94. The Balaban J connectivity index is 1.34. The molecule has 3 fully saturated rings. The summed E-state index contributed by atoms with van der Waals surface area (Å²) in [6, 6.07) is 3.32. The molecule has 2 saturated heterocycles. The predicted molar refractivity (Wildman–Crippen MR) is 113 cm³/mol. The number of anilines is 1. The molecule has 7 rings (SSSR count). The van der Waals surface area contributed by atoms with Gasteiger partial charge in [0, 0.05) is 18.3 Å². The van der Waals surface area contributed by atoms with Gasteiger partial charge in [-0.25, -0.2) is 18.9 Å². The minimum atomic E-state index is -0.472. The molecule has 0 aromatic carbocycles. The molecule has 3 aliphatic rings. The molecular formula is C22H22FN7O. The number of fused-ring (bicyclic) bond motifs is 4. The van der Waals surface area contributed by atoms with Crippen LogP contribution in [0.15, 0.2) is 30.7 Å². The van der Waals surface area contributed by atoms with Crippen molar-refractivity contribution in [2.24, 2.45) is 11.3 Å². The van der Waals surface area contributed by atoms with Gasteiger partial charge in [-0.1, -0.05) is 0 Å². The Morgan fingerprint density at radius 3 is 2.81 bits per heavy atom. The maximum Gasteiger partial charge on any atom is 0.233 e. The van der Waals surface area contributed by atoms with E-state index in [0.29, 0.717) is 29.5 Å². The number of piperidine rings is 2. The summed E-state index contributed by atoms with van der Waals surface area (Å²) in [5.74, 6) is 0.418. The highest BCUT2D eigenvalue weighted by atomic mass is 19.1. The number of carbonyl (C=O) groups excluding carboxylic acids is 1. The molecule has 6 heterocycles. The molecule has 0 spiro atoms. The standard InChI is InChI=1S/C22H22FN7O/c1-12-3-17(28-30-8-13(2)25-19(12)30)15-4-16(23)20-26-18(10-29(20)9-15)27-21(31)22-5-14(6-22)7-24-11-22/h3-4,8-10,14,24H,5-7,11H2,1-2H3,(H,27,31). The minimum absolute atomic E-state index is 0.0433. The Morgan fingerprint density at radius 1 is 1.19 bits per heavy atom. The third kappa shape index (κ3) is 2.83. The van der Waals surface area contributed by atoms with E-state index < -0.39 is 5.82 Å². The Morgan fingerprint density at radius 2 is 2.03 bits per heavy atom. The highest BCUT2D eigenvalue weighted by Crippen LogP contribution is 2.48. The van der Waals surface area contributed by atoms with Gasteiger partial charge in [-0.05, 0) is 56.8 Å². The molecule has 0 atom stereocenters. The number of aryl methyl sites for hydroxylation is 2. The van der Waals surface area contributed by atoms with Crippen molar-refractivity contribution in [3.05, 3.63) is 47.8 Å². The van der Waals surface area contributed by atoms with E-state index in [4.69, 9.17) is 0 Å². The first-order valence-corrected chi connectivity index (χ1v) is 10.4. The van der Waals surface area contributed by atoms with Crippen molar-refractivity contribution in [1.82, 2.24) is 29.3 Å². The van der Waals surface area contributed by atoms with Crippen LogP contribution in [-0.2, 0) is 4.79 Å². The number of hydrogen-bond donors (Lipinski definition) is 2. The number of nitrogens with zero attached hydrogens (tertiary/aromatic N) is 5. The number of nitrogens with one attached hydrogen (secondary N) is 2. The molecule has 4 aromatic heterocycles. The SMILES string of the molecule is Cc1cn2nc(-c3cc(F)c4nc(NC(=O)C56CNCC(C5)C6)cn4c3)cc(C)c2n1. The van der Waals surface area contributed by atoms with Gasteiger partial charge in [0.15, 0.2) is 22.9 Å². The Hall–Kier alpha value is -3.33. The van der Waals surface area contributed by atoms with Crippen LogP contribution in [0.4, 0.5) is 10.2 Å². The van der Waals surface area contributed by atoms with Crippen LogP contribution < -0.4 is 10.6 Å². The van der Waals surface area contributed by atoms with Crippen molar-refractivity contribution < 1.29 is 9.18 Å². The zero-order valence-electron chi connectivity index (χ0n) is 17.3. The summed E-state index contributed by atoms with van der Waals surface area (Å²) in [6.07, 6.45) is 7.07. The predicted octanol–water partition coefficient (Wildman–Crippen LogP) is 2.74. The molecule has 8 nitrogen and oxygen atoms in total. The fraction of sp³-hybridized carbons (Fsp3) is 0.364. The van der Waals surface area contributed by atoms with E-state index in [2.05, 4.69) is 25.7 Å². The van der Waals surface area contributed by atoms with Crippen molar-refractivity contribution >= 4 is 23.0 Å². The van der Waals surface area contributed by atoms with Crippen LogP contribution in [0.5, 0.6) is 0 Å². The lowest BCUT2D eigenvalue weighted by Gasteiger charge is -2.51. The average molecular weight is 419 g/mol. The first kappa shape index (κ1) is 18.4. The molecule has 0 radical (unpaired) electrons. The van der Waals surface area contributed by atoms with E-state index in [1.807, 2.05) is 26.1 Å². The molecule has 9 heteroatoms. The number of imidazole rings is 2. The first-order chi connectivity index (χ1) is 14.9. The Labute approximate surface area is 177 Å². The van der Waals surface area contributed by atoms with Crippen molar-refractivity contribution in [1.29, 1.82) is 0 Å². The van der Waals surface area contributed by atoms with Gasteiger partial charge in [0.2, 0.25) is 5.91 Å². The van der Waals surface area contributed by atoms with E-state index in [9.17, 15) is 9.18 Å². The van der Waals surface area contributed by atoms with Gasteiger partial charge >= 0.3 is 0 Å². The van der Waals surface area contributed by atoms with Crippen LogP contribution >= 0.6 is 0 Å². The molecule has 4 aromatic rings. The fourth-order valence-corrected chi connectivity index (χ4v) is 5.01. The molecule has 1 aliphatic carbocycles. The maximum atomic E-state index is 14.9. The van der Waals surface area contributed by atoms with Gasteiger partial charge in [-0.15, -0.1) is 0 Å². The number of carbonyl (C=O) groups is 1. The monoisotopic (exact) mass is 419 g/mol. The molecule has 31 heavy (non-hydrogen) atoms. The Kier molecular flexibility index (Phi) is 3.77. The number of aromatic nitrogens is 5. The van der Waals surface area contributed by atoms with Gasteiger partial charge in [0.25, 0.3) is 0 Å². The lowest BCUT2D eigenvalue weighted by Crippen LogP contribution is -2.60. The Bertz CT molecular complexity index is 1360. The average Bonchev–Trinajstić information content (AvgIpc) is 3.30. The molecule has 2 bridgehead atoms. The van der Waals surface area contributed by atoms with Crippen molar-refractivity contribution in [3.63, 3.8) is 0 Å². The normalized spacial score (nSPS) is 22.6. The molecule has 2 aliphatic heterocycles. The van der Waals surface area contributed by atoms with Crippen LogP contribution in [0.2, 0.25) is 0 Å². The maximum absolute atomic E-state index is 14.9. The number of halogens is 1. The topological polar surface area (TPSA) is 88.6 Å². The van der Waals surface area contributed by atoms with Gasteiger partial charge in [-0.2, -0.15) is 5.10 Å². The molecule has 0 unspecified atom stereocenters. The van der Waals surface area contributed by atoms with Crippen LogP contribution in [0.3, 0.4) is 0 Å². The van der Waals surface area contributed by atoms with Gasteiger partial charge < -0.3 is 15.0 Å². The fourth-order valence-electron chi connectivity index (χ4n) is 5.01. The van der Waals surface area contributed by atoms with E-state index in [1.165, 1.54) is 6.07 Å². The quantitative estimate of drug-likeness (QED) is 0.533. The molecule has 1 amide bonds. The smallest absolute Gasteiger partial charge is 0.233 e. The van der Waals surface area contributed by atoms with Crippen LogP contribution in [0.1, 0.15) is 24.1 Å². The second-order valence-electron chi connectivity index (χ2n) is 8.94. The number of amides is 1. The highest BCUT2D eigenvalue weighted by Gasteiger charge is 2.52. The number of rotatable bonds is 3. The highest BCUT2D eigenvalue weighted by molar-refractivity contribution is 5.96. The summed E-state index contributed by atoms with van der Waals surface area (Å²) >= 11 is 0. The van der Waals surface area contributed by atoms with Crippen molar-refractivity contribution in [2.75, 3.05) is 18.4 Å². The van der Waals surface area contributed by atoms with Gasteiger partial charge in [-0.3, -0.25) is 4.79 Å². The lowest BCUT2D eigenvalue weighted by atomic mass is 9.59. The van der Waals surface area contributed by atoms with Crippen LogP contribution in [-0.4, -0.2) is 43.0 Å². The van der Waals surface area contributed by atoms with Crippen LogP contribution in [0.25, 0.3) is 22.6 Å². The summed E-state index contributed by atoms with van der Waals surface area (Å²) < 4.78 is 18.2. The molecule has 1 saturated carbocycles. The summed E-state index contributed by atoms with van der Waals surface area (Å²) in [6.45, 7) is 5.53. The summed E-state index contributed by atoms with van der Waals surface area (Å²) in [5, 5.41) is 10.8. The van der Waals surface area contributed by atoms with E-state index in [-0.39, 0.29) is 17.0 Å². The molecule has 158 valence electrons. The largest absolute Gasteiger partial charge is 0.315 e. The second kappa shape index (κ2) is 6.34. The van der Waals surface area contributed by atoms with E-state index >= 15 is 0 Å². The van der Waals surface area contributed by atoms with Crippen LogP contribution in [0, 0.1) is 31.0 Å². The summed E-state index contributed by atoms with van der Waals surface area (Å²) in [5.41, 5.74) is 3.67. The number of hydrogen-bond acceptors (Lipinski definition) is 5. The zero-order valence-corrected chi connectivity index (χ0v) is 17.3. The van der Waals surface area contributed by atoms with Crippen molar-refractivity contribution in [2.45, 2.75) is 26.7 Å². The number of pyridine rings is 1. The van der Waals surface area contributed by atoms with E-state index in [1.54, 1.807) is 21.3 Å². The van der Waals surface area contributed by atoms with Gasteiger partial charge in [0.05, 0.1) is 29.2 Å².